The van der Waals surface area contributed by atoms with Crippen LogP contribution in [-0.2, 0) is 6.42 Å². The first-order valence-electron chi connectivity index (χ1n) is 7.77. The summed E-state index contributed by atoms with van der Waals surface area (Å²) >= 11 is 0. The molecule has 1 aromatic rings. The van der Waals surface area contributed by atoms with Crippen LogP contribution in [0, 0.1) is 0 Å². The van der Waals surface area contributed by atoms with Gasteiger partial charge in [0.15, 0.2) is 11.5 Å². The average molecular weight is 289 g/mol. The molecule has 4 nitrogen and oxygen atoms in total. The van der Waals surface area contributed by atoms with E-state index in [0.717, 1.165) is 48.5 Å². The lowest BCUT2D eigenvalue weighted by atomic mass is 10.0. The average Bonchev–Trinajstić information content (AvgIpc) is 2.95. The molecule has 1 aromatic carbocycles. The molecule has 1 heterocycles. The van der Waals surface area contributed by atoms with E-state index in [-0.39, 0.29) is 18.9 Å². The first kappa shape index (κ1) is 14.3. The molecule has 2 unspecified atom stereocenters. The third-order valence-electron chi connectivity index (χ3n) is 4.05. The van der Waals surface area contributed by atoms with Gasteiger partial charge in [-0.3, -0.25) is 0 Å². The number of nitrogens with two attached hydrogens (primary N) is 1. The molecule has 0 radical (unpaired) electrons. The van der Waals surface area contributed by atoms with E-state index in [2.05, 4.69) is 19.1 Å². The van der Waals surface area contributed by atoms with E-state index < -0.39 is 0 Å². The normalized spacial score (nSPS) is 21.3. The van der Waals surface area contributed by atoms with E-state index in [1.54, 1.807) is 0 Å². The maximum absolute atomic E-state index is 6.18. The van der Waals surface area contributed by atoms with Crippen LogP contribution in [0.2, 0.25) is 0 Å². The smallest absolute Gasteiger partial charge is 0.231 e. The third kappa shape index (κ3) is 3.32. The van der Waals surface area contributed by atoms with Crippen LogP contribution in [-0.4, -0.2) is 18.9 Å². The van der Waals surface area contributed by atoms with Gasteiger partial charge in [0, 0.05) is 12.1 Å². The van der Waals surface area contributed by atoms with Crippen molar-refractivity contribution in [3.05, 3.63) is 29.8 Å². The van der Waals surface area contributed by atoms with Gasteiger partial charge in [0.25, 0.3) is 0 Å². The zero-order valence-corrected chi connectivity index (χ0v) is 12.5. The minimum absolute atomic E-state index is 0.134. The highest BCUT2D eigenvalue weighted by atomic mass is 16.7. The van der Waals surface area contributed by atoms with Crippen molar-refractivity contribution < 1.29 is 14.2 Å². The second kappa shape index (κ2) is 6.39. The zero-order valence-electron chi connectivity index (χ0n) is 12.5. The molecule has 1 aliphatic carbocycles. The molecule has 0 saturated heterocycles. The highest BCUT2D eigenvalue weighted by Crippen LogP contribution is 2.39. The zero-order chi connectivity index (χ0) is 14.7. The number of benzene rings is 1. The van der Waals surface area contributed by atoms with Gasteiger partial charge >= 0.3 is 0 Å². The van der Waals surface area contributed by atoms with Crippen molar-refractivity contribution >= 4 is 0 Å². The molecule has 0 amide bonds. The van der Waals surface area contributed by atoms with Gasteiger partial charge in [-0.2, -0.15) is 0 Å². The van der Waals surface area contributed by atoms with Crippen molar-refractivity contribution in [3.63, 3.8) is 0 Å². The second-order valence-corrected chi connectivity index (χ2v) is 5.70. The Kier molecular flexibility index (Phi) is 4.34. The molecule has 0 saturated carbocycles. The van der Waals surface area contributed by atoms with Crippen LogP contribution in [0.15, 0.2) is 24.3 Å². The quantitative estimate of drug-likeness (QED) is 0.846. The Hall–Kier alpha value is -1.68. The Bertz CT molecular complexity index is 527. The van der Waals surface area contributed by atoms with Crippen LogP contribution in [0.3, 0.4) is 0 Å². The summed E-state index contributed by atoms with van der Waals surface area (Å²) in [6, 6.07) is 4.09. The summed E-state index contributed by atoms with van der Waals surface area (Å²) in [5.74, 6) is 2.43. The number of hydrogen-bond acceptors (Lipinski definition) is 4. The van der Waals surface area contributed by atoms with E-state index in [4.69, 9.17) is 19.9 Å². The first-order chi connectivity index (χ1) is 10.3. The van der Waals surface area contributed by atoms with Gasteiger partial charge < -0.3 is 19.9 Å². The Morgan fingerprint density at radius 2 is 2.14 bits per heavy atom. The van der Waals surface area contributed by atoms with E-state index >= 15 is 0 Å². The molecule has 0 bridgehead atoms. The van der Waals surface area contributed by atoms with Crippen LogP contribution in [0.4, 0.5) is 0 Å². The highest BCUT2D eigenvalue weighted by Gasteiger charge is 2.21. The minimum atomic E-state index is 0.134. The summed E-state index contributed by atoms with van der Waals surface area (Å²) in [4.78, 5) is 0. The fourth-order valence-electron chi connectivity index (χ4n) is 2.70. The van der Waals surface area contributed by atoms with E-state index in [0.29, 0.717) is 0 Å². The predicted molar refractivity (Wildman–Crippen MR) is 81.9 cm³/mol. The Balaban J connectivity index is 1.85. The van der Waals surface area contributed by atoms with E-state index in [9.17, 15) is 0 Å². The molecular weight excluding hydrogens is 266 g/mol. The van der Waals surface area contributed by atoms with Gasteiger partial charge in [0.1, 0.15) is 11.9 Å². The lowest BCUT2D eigenvalue weighted by molar-refractivity contribution is 0.173. The molecule has 0 aromatic heterocycles. The van der Waals surface area contributed by atoms with Gasteiger partial charge in [-0.1, -0.05) is 13.0 Å². The van der Waals surface area contributed by atoms with Gasteiger partial charge in [-0.15, -0.1) is 0 Å². The number of allylic oxidation sites excluding steroid dienone is 1. The second-order valence-electron chi connectivity index (χ2n) is 5.70. The molecule has 0 fully saturated rings. The molecule has 1 aliphatic heterocycles. The monoisotopic (exact) mass is 289 g/mol. The number of hydrogen-bond donors (Lipinski definition) is 1. The summed E-state index contributed by atoms with van der Waals surface area (Å²) in [5.41, 5.74) is 7.21. The molecule has 114 valence electrons. The van der Waals surface area contributed by atoms with Crippen molar-refractivity contribution in [1.82, 2.24) is 0 Å². The minimum Gasteiger partial charge on any atom is -0.486 e. The van der Waals surface area contributed by atoms with E-state index in [1.165, 1.54) is 6.42 Å². The topological polar surface area (TPSA) is 53.7 Å². The molecule has 4 heteroatoms. The maximum Gasteiger partial charge on any atom is 0.231 e. The van der Waals surface area contributed by atoms with Crippen molar-refractivity contribution in [2.45, 2.75) is 51.2 Å². The Morgan fingerprint density at radius 3 is 2.86 bits per heavy atom. The predicted octanol–water partition coefficient (Wildman–Crippen LogP) is 3.18. The Labute approximate surface area is 125 Å². The molecule has 2 atom stereocenters. The molecule has 3 rings (SSSR count). The van der Waals surface area contributed by atoms with Crippen LogP contribution in [0.1, 0.15) is 38.2 Å². The largest absolute Gasteiger partial charge is 0.486 e. The number of fused-ring (bicyclic) bond motifs is 1. The van der Waals surface area contributed by atoms with Crippen LogP contribution in [0.25, 0.3) is 0 Å². The SMILES string of the molecule is CCC(N)Cc1cc2c(cc1OC1C=CCCC1)OCO2. The van der Waals surface area contributed by atoms with Crippen molar-refractivity contribution in [2.75, 3.05) is 6.79 Å². The molecule has 0 spiro atoms. The summed E-state index contributed by atoms with van der Waals surface area (Å²) in [7, 11) is 0. The van der Waals surface area contributed by atoms with Gasteiger partial charge in [0.2, 0.25) is 6.79 Å². The highest BCUT2D eigenvalue weighted by molar-refractivity contribution is 5.52. The molecule has 2 N–H and O–H groups in total. The van der Waals surface area contributed by atoms with Crippen LogP contribution in [0.5, 0.6) is 17.2 Å². The first-order valence-corrected chi connectivity index (χ1v) is 7.77. The lowest BCUT2D eigenvalue weighted by Gasteiger charge is -2.21. The van der Waals surface area contributed by atoms with Crippen molar-refractivity contribution in [2.24, 2.45) is 5.73 Å². The van der Waals surface area contributed by atoms with Crippen molar-refractivity contribution in [1.29, 1.82) is 0 Å². The number of ether oxygens (including phenoxy) is 3. The van der Waals surface area contributed by atoms with E-state index in [1.807, 2.05) is 12.1 Å². The summed E-state index contributed by atoms with van der Waals surface area (Å²) in [5, 5.41) is 0. The number of rotatable bonds is 5. The lowest BCUT2D eigenvalue weighted by Crippen LogP contribution is -2.23. The van der Waals surface area contributed by atoms with Gasteiger partial charge in [-0.05, 0) is 49.8 Å². The fourth-order valence-corrected chi connectivity index (χ4v) is 2.70. The summed E-state index contributed by atoms with van der Waals surface area (Å²) in [6.07, 6.45) is 9.61. The Morgan fingerprint density at radius 1 is 1.33 bits per heavy atom. The van der Waals surface area contributed by atoms with Crippen molar-refractivity contribution in [3.8, 4) is 17.2 Å². The molecule has 21 heavy (non-hydrogen) atoms. The van der Waals surface area contributed by atoms with Gasteiger partial charge in [-0.25, -0.2) is 0 Å². The maximum atomic E-state index is 6.18. The van der Waals surface area contributed by atoms with Crippen LogP contribution < -0.4 is 19.9 Å². The third-order valence-corrected chi connectivity index (χ3v) is 4.05. The summed E-state index contributed by atoms with van der Waals surface area (Å²) < 4.78 is 17.1. The fraction of sp³-hybridized carbons (Fsp3) is 0.529. The van der Waals surface area contributed by atoms with Gasteiger partial charge in [0.05, 0.1) is 0 Å². The standard InChI is InChI=1S/C17H23NO3/c1-2-13(18)8-12-9-16-17(20-11-19-16)10-15(12)21-14-6-4-3-5-7-14/h4,6,9-10,13-14H,2-3,5,7-8,11,18H2,1H3. The van der Waals surface area contributed by atoms with Crippen LogP contribution >= 0.6 is 0 Å². The molecular formula is C17H23NO3. The summed E-state index contributed by atoms with van der Waals surface area (Å²) in [6.45, 7) is 2.38. The molecule has 2 aliphatic rings.